The van der Waals surface area contributed by atoms with Gasteiger partial charge in [-0.3, -0.25) is 0 Å². The second-order valence-corrected chi connectivity index (χ2v) is 4.22. The van der Waals surface area contributed by atoms with Gasteiger partial charge >= 0.3 is 6.16 Å². The highest BCUT2D eigenvalue weighted by Gasteiger charge is 2.42. The minimum absolute atomic E-state index is 0.0349. The Kier molecular flexibility index (Phi) is 2.31. The van der Waals surface area contributed by atoms with Gasteiger partial charge in [-0.1, -0.05) is 27.7 Å². The molecule has 0 amide bonds. The summed E-state index contributed by atoms with van der Waals surface area (Å²) < 4.78 is 10.1. The molecule has 3 heteroatoms. The Labute approximate surface area is 73.0 Å². The fraction of sp³-hybridized carbons (Fsp3) is 0.889. The van der Waals surface area contributed by atoms with Crippen molar-refractivity contribution in [3.8, 4) is 0 Å². The quantitative estimate of drug-likeness (QED) is 0.569. The molecule has 0 aromatic rings. The Morgan fingerprint density at radius 3 is 2.25 bits per heavy atom. The molecule has 12 heavy (non-hydrogen) atoms. The first-order valence-corrected chi connectivity index (χ1v) is 4.32. The molecule has 1 fully saturated rings. The number of carbonyl (C=O) groups excluding carboxylic acids is 1. The molecule has 0 aromatic carbocycles. The normalized spacial score (nSPS) is 29.8. The molecule has 0 radical (unpaired) electrons. The third-order valence-electron chi connectivity index (χ3n) is 2.06. The molecule has 0 spiro atoms. The van der Waals surface area contributed by atoms with Crippen LogP contribution in [0.5, 0.6) is 0 Å². The molecule has 0 unspecified atom stereocenters. The summed E-state index contributed by atoms with van der Waals surface area (Å²) in [6.07, 6.45) is 0.113. The standard InChI is InChI=1S/C9H16O3/c1-5-6-7(9(2,3)4)12-8(10)11-6/h6-7H,5H2,1-4H3/t6-,7-/m1/s1. The predicted molar refractivity (Wildman–Crippen MR) is 44.9 cm³/mol. The van der Waals surface area contributed by atoms with Gasteiger partial charge in [0.2, 0.25) is 0 Å². The molecule has 1 rings (SSSR count). The zero-order valence-electron chi connectivity index (χ0n) is 8.09. The summed E-state index contributed by atoms with van der Waals surface area (Å²) in [5, 5.41) is 0. The van der Waals surface area contributed by atoms with Gasteiger partial charge in [0, 0.05) is 5.41 Å². The molecule has 3 nitrogen and oxygen atoms in total. The van der Waals surface area contributed by atoms with Crippen LogP contribution in [0.25, 0.3) is 0 Å². The summed E-state index contributed by atoms with van der Waals surface area (Å²) in [6.45, 7) is 8.12. The summed E-state index contributed by atoms with van der Waals surface area (Å²) in [4.78, 5) is 10.8. The highest BCUT2D eigenvalue weighted by molar-refractivity contribution is 5.62. The molecule has 2 atom stereocenters. The van der Waals surface area contributed by atoms with E-state index in [1.54, 1.807) is 0 Å². The van der Waals surface area contributed by atoms with Crippen molar-refractivity contribution in [2.45, 2.75) is 46.3 Å². The van der Waals surface area contributed by atoms with E-state index >= 15 is 0 Å². The van der Waals surface area contributed by atoms with Crippen molar-refractivity contribution in [2.24, 2.45) is 5.41 Å². The topological polar surface area (TPSA) is 35.5 Å². The van der Waals surface area contributed by atoms with Crippen LogP contribution in [0.1, 0.15) is 34.1 Å². The van der Waals surface area contributed by atoms with Crippen LogP contribution < -0.4 is 0 Å². The van der Waals surface area contributed by atoms with Gasteiger partial charge in [-0.05, 0) is 6.42 Å². The molecule has 70 valence electrons. The minimum atomic E-state index is -0.526. The maximum atomic E-state index is 10.8. The Bertz CT molecular complexity index is 181. The van der Waals surface area contributed by atoms with Gasteiger partial charge in [0.1, 0.15) is 12.2 Å². The van der Waals surface area contributed by atoms with E-state index in [1.165, 1.54) is 0 Å². The maximum absolute atomic E-state index is 10.8. The fourth-order valence-electron chi connectivity index (χ4n) is 1.42. The Balaban J connectivity index is 2.70. The van der Waals surface area contributed by atoms with Gasteiger partial charge in [-0.15, -0.1) is 0 Å². The molecule has 0 aliphatic carbocycles. The SMILES string of the molecule is CC[C@H]1OC(=O)O[C@H]1C(C)(C)C. The fourth-order valence-corrected chi connectivity index (χ4v) is 1.42. The maximum Gasteiger partial charge on any atom is 0.509 e. The largest absolute Gasteiger partial charge is 0.509 e. The van der Waals surface area contributed by atoms with Gasteiger partial charge in [0.15, 0.2) is 0 Å². The zero-order chi connectivity index (χ0) is 9.35. The first-order valence-electron chi connectivity index (χ1n) is 4.32. The third-order valence-corrected chi connectivity index (χ3v) is 2.06. The van der Waals surface area contributed by atoms with Crippen molar-refractivity contribution >= 4 is 6.16 Å². The Morgan fingerprint density at radius 1 is 1.33 bits per heavy atom. The summed E-state index contributed by atoms with van der Waals surface area (Å²) in [7, 11) is 0. The second-order valence-electron chi connectivity index (χ2n) is 4.22. The molecule has 0 saturated carbocycles. The van der Waals surface area contributed by atoms with E-state index in [1.807, 2.05) is 27.7 Å². The van der Waals surface area contributed by atoms with Crippen molar-refractivity contribution in [1.29, 1.82) is 0 Å². The van der Waals surface area contributed by atoms with E-state index in [0.29, 0.717) is 0 Å². The highest BCUT2D eigenvalue weighted by Crippen LogP contribution is 2.32. The highest BCUT2D eigenvalue weighted by atomic mass is 16.8. The minimum Gasteiger partial charge on any atom is -0.427 e. The molecule has 0 aromatic heterocycles. The monoisotopic (exact) mass is 172 g/mol. The second kappa shape index (κ2) is 2.96. The van der Waals surface area contributed by atoms with Crippen LogP contribution in [0.2, 0.25) is 0 Å². The Hall–Kier alpha value is -0.730. The summed E-state index contributed by atoms with van der Waals surface area (Å²) in [5.41, 5.74) is -0.0349. The lowest BCUT2D eigenvalue weighted by atomic mass is 9.85. The third kappa shape index (κ3) is 1.71. The lowest BCUT2D eigenvalue weighted by Crippen LogP contribution is -2.34. The number of carbonyl (C=O) groups is 1. The van der Waals surface area contributed by atoms with Crippen LogP contribution in [0, 0.1) is 5.41 Å². The molecule has 1 aliphatic rings. The number of rotatable bonds is 1. The first-order chi connectivity index (χ1) is 5.45. The molecule has 0 bridgehead atoms. The summed E-state index contributed by atoms with van der Waals surface area (Å²) in [6, 6.07) is 0. The molecule has 1 heterocycles. The average molecular weight is 172 g/mol. The predicted octanol–water partition coefficient (Wildman–Crippen LogP) is 2.35. The van der Waals surface area contributed by atoms with Crippen LogP contribution >= 0.6 is 0 Å². The Morgan fingerprint density at radius 2 is 1.92 bits per heavy atom. The smallest absolute Gasteiger partial charge is 0.427 e. The van der Waals surface area contributed by atoms with Crippen LogP contribution in [-0.2, 0) is 9.47 Å². The number of cyclic esters (lactones) is 2. The zero-order valence-corrected chi connectivity index (χ0v) is 8.09. The lowest BCUT2D eigenvalue weighted by Gasteiger charge is -2.27. The number of ether oxygens (including phenoxy) is 2. The van der Waals surface area contributed by atoms with Crippen molar-refractivity contribution < 1.29 is 14.3 Å². The van der Waals surface area contributed by atoms with Crippen LogP contribution in [0.3, 0.4) is 0 Å². The molecule has 1 saturated heterocycles. The molecule has 0 N–H and O–H groups in total. The summed E-state index contributed by atoms with van der Waals surface area (Å²) in [5.74, 6) is 0. The van der Waals surface area contributed by atoms with Crippen LogP contribution in [-0.4, -0.2) is 18.4 Å². The van der Waals surface area contributed by atoms with E-state index < -0.39 is 6.16 Å². The number of hydrogen-bond donors (Lipinski definition) is 0. The number of hydrogen-bond acceptors (Lipinski definition) is 3. The molecule has 1 aliphatic heterocycles. The summed E-state index contributed by atoms with van der Waals surface area (Å²) >= 11 is 0. The van der Waals surface area contributed by atoms with Crippen LogP contribution in [0.15, 0.2) is 0 Å². The van der Waals surface area contributed by atoms with E-state index in [2.05, 4.69) is 0 Å². The first kappa shape index (κ1) is 9.36. The van der Waals surface area contributed by atoms with Gasteiger partial charge in [0.05, 0.1) is 0 Å². The van der Waals surface area contributed by atoms with Crippen molar-refractivity contribution in [1.82, 2.24) is 0 Å². The van der Waals surface area contributed by atoms with Gasteiger partial charge in [0.25, 0.3) is 0 Å². The van der Waals surface area contributed by atoms with Gasteiger partial charge < -0.3 is 9.47 Å². The van der Waals surface area contributed by atoms with E-state index in [0.717, 1.165) is 6.42 Å². The lowest BCUT2D eigenvalue weighted by molar-refractivity contribution is 0.0503. The molecular formula is C9H16O3. The van der Waals surface area contributed by atoms with Crippen molar-refractivity contribution in [3.63, 3.8) is 0 Å². The van der Waals surface area contributed by atoms with E-state index in [-0.39, 0.29) is 17.6 Å². The molecular weight excluding hydrogens is 156 g/mol. The van der Waals surface area contributed by atoms with Crippen molar-refractivity contribution in [3.05, 3.63) is 0 Å². The van der Waals surface area contributed by atoms with Gasteiger partial charge in [-0.2, -0.15) is 0 Å². The van der Waals surface area contributed by atoms with Gasteiger partial charge in [-0.25, -0.2) is 4.79 Å². The van der Waals surface area contributed by atoms with Crippen LogP contribution in [0.4, 0.5) is 4.79 Å². The van der Waals surface area contributed by atoms with E-state index in [4.69, 9.17) is 9.47 Å². The van der Waals surface area contributed by atoms with E-state index in [9.17, 15) is 4.79 Å². The van der Waals surface area contributed by atoms with Crippen molar-refractivity contribution in [2.75, 3.05) is 0 Å². The average Bonchev–Trinajstić information content (AvgIpc) is 2.29.